The van der Waals surface area contributed by atoms with Crippen molar-refractivity contribution in [3.8, 4) is 0 Å². The summed E-state index contributed by atoms with van der Waals surface area (Å²) in [4.78, 5) is 22.1. The van der Waals surface area contributed by atoms with E-state index in [-0.39, 0.29) is 11.9 Å². The molecule has 0 aliphatic carbocycles. The van der Waals surface area contributed by atoms with Gasteiger partial charge in [-0.15, -0.1) is 0 Å². The fraction of sp³-hybridized carbons (Fsp3) is 0.353. The molecule has 124 valence electrons. The third-order valence-corrected chi connectivity index (χ3v) is 3.40. The summed E-state index contributed by atoms with van der Waals surface area (Å²) in [5, 5.41) is 0.552. The van der Waals surface area contributed by atoms with Crippen LogP contribution in [0.25, 0.3) is 0 Å². The number of hydrogen-bond donors (Lipinski definition) is 1. The van der Waals surface area contributed by atoms with Crippen molar-refractivity contribution >= 4 is 29.1 Å². The maximum absolute atomic E-state index is 12.4. The average molecular weight is 335 g/mol. The summed E-state index contributed by atoms with van der Waals surface area (Å²) in [5.41, 5.74) is 7.42. The van der Waals surface area contributed by atoms with E-state index in [0.29, 0.717) is 34.9 Å². The number of nitrogens with two attached hydrogens (primary N) is 1. The number of para-hydroxylation sites is 1. The zero-order chi connectivity index (χ0) is 17.4. The molecule has 2 aromatic rings. The molecule has 5 nitrogen and oxygen atoms in total. The molecule has 1 amide bonds. The number of carbonyl (C=O) groups excluding carboxylic acids is 1. The Labute approximate surface area is 142 Å². The number of amides is 1. The van der Waals surface area contributed by atoms with Crippen molar-refractivity contribution in [1.82, 2.24) is 9.97 Å². The number of aromatic nitrogens is 2. The summed E-state index contributed by atoms with van der Waals surface area (Å²) in [6.07, 6.45) is 2.11. The van der Waals surface area contributed by atoms with Gasteiger partial charge in [-0.2, -0.15) is 0 Å². The lowest BCUT2D eigenvalue weighted by molar-refractivity contribution is 0.0979. The van der Waals surface area contributed by atoms with Gasteiger partial charge >= 0.3 is 0 Å². The van der Waals surface area contributed by atoms with E-state index in [1.165, 1.54) is 6.20 Å². The third kappa shape index (κ3) is 4.20. The molecule has 0 fully saturated rings. The number of benzene rings is 1. The molecule has 0 spiro atoms. The molecule has 23 heavy (non-hydrogen) atoms. The Morgan fingerprint density at radius 1 is 1.17 bits per heavy atom. The first-order valence-electron chi connectivity index (χ1n) is 7.84. The van der Waals surface area contributed by atoms with Gasteiger partial charge in [-0.1, -0.05) is 51.4 Å². The number of nitrogen functional groups attached to an aromatic ring is 1. The number of fused-ring (bicyclic) bond motifs is 1. The van der Waals surface area contributed by atoms with Crippen LogP contribution >= 0.6 is 11.6 Å². The van der Waals surface area contributed by atoms with Crippen LogP contribution in [0.1, 0.15) is 43.7 Å². The van der Waals surface area contributed by atoms with Crippen LogP contribution in [0.4, 0.5) is 11.6 Å². The smallest absolute Gasteiger partial charge is 0.261 e. The zero-order valence-electron chi connectivity index (χ0n) is 14.0. The van der Waals surface area contributed by atoms with Crippen molar-refractivity contribution < 1.29 is 4.79 Å². The number of carbonyl (C=O) groups is 1. The molecule has 0 saturated carbocycles. The van der Waals surface area contributed by atoms with Crippen LogP contribution in [-0.2, 0) is 6.42 Å². The monoisotopic (exact) mass is 334 g/mol. The van der Waals surface area contributed by atoms with E-state index in [1.807, 2.05) is 45.9 Å². The van der Waals surface area contributed by atoms with E-state index < -0.39 is 0 Å². The maximum atomic E-state index is 12.4. The number of halogens is 1. The molecule has 2 heterocycles. The lowest BCUT2D eigenvalue weighted by Gasteiger charge is -2.28. The SMILES string of the molecule is CC.CC.Nc1ncc2c(n1)CCN(c1ccccc1Cl)C2=O. The van der Waals surface area contributed by atoms with Gasteiger partial charge in [0.2, 0.25) is 5.95 Å². The van der Waals surface area contributed by atoms with E-state index >= 15 is 0 Å². The molecular weight excluding hydrogens is 312 g/mol. The second-order valence-corrected chi connectivity index (χ2v) is 4.65. The number of hydrogen-bond acceptors (Lipinski definition) is 4. The van der Waals surface area contributed by atoms with Crippen molar-refractivity contribution in [3.63, 3.8) is 0 Å². The van der Waals surface area contributed by atoms with Crippen molar-refractivity contribution in [2.24, 2.45) is 0 Å². The lowest BCUT2D eigenvalue weighted by Crippen LogP contribution is -2.38. The molecule has 3 rings (SSSR count). The topological polar surface area (TPSA) is 72.1 Å². The van der Waals surface area contributed by atoms with E-state index in [4.69, 9.17) is 17.3 Å². The highest BCUT2D eigenvalue weighted by Gasteiger charge is 2.28. The first kappa shape index (κ1) is 18.9. The van der Waals surface area contributed by atoms with Crippen LogP contribution in [-0.4, -0.2) is 22.4 Å². The van der Waals surface area contributed by atoms with Gasteiger partial charge < -0.3 is 10.6 Å². The highest BCUT2D eigenvalue weighted by atomic mass is 35.5. The summed E-state index contributed by atoms with van der Waals surface area (Å²) >= 11 is 6.13. The van der Waals surface area contributed by atoms with Crippen LogP contribution in [0, 0.1) is 0 Å². The molecule has 1 aliphatic rings. The molecule has 1 aromatic heterocycles. The molecule has 1 aliphatic heterocycles. The minimum atomic E-state index is -0.144. The molecule has 0 saturated heterocycles. The van der Waals surface area contributed by atoms with E-state index in [0.717, 1.165) is 0 Å². The average Bonchev–Trinajstić information content (AvgIpc) is 2.60. The minimum absolute atomic E-state index is 0.144. The van der Waals surface area contributed by atoms with Crippen molar-refractivity contribution in [2.75, 3.05) is 17.2 Å². The van der Waals surface area contributed by atoms with Crippen LogP contribution in [0.5, 0.6) is 0 Å². The Balaban J connectivity index is 0.000000615. The predicted molar refractivity (Wildman–Crippen MR) is 96.0 cm³/mol. The second kappa shape index (κ2) is 9.10. The van der Waals surface area contributed by atoms with Crippen LogP contribution in [0.3, 0.4) is 0 Å². The van der Waals surface area contributed by atoms with Crippen molar-refractivity contribution in [1.29, 1.82) is 0 Å². The largest absolute Gasteiger partial charge is 0.368 e. The highest BCUT2D eigenvalue weighted by Crippen LogP contribution is 2.29. The molecule has 6 heteroatoms. The molecule has 2 N–H and O–H groups in total. The summed E-state index contributed by atoms with van der Waals surface area (Å²) in [6.45, 7) is 8.53. The summed E-state index contributed by atoms with van der Waals surface area (Å²) < 4.78 is 0. The summed E-state index contributed by atoms with van der Waals surface area (Å²) in [5.74, 6) is 0.0482. The molecule has 0 atom stereocenters. The number of anilines is 2. The van der Waals surface area contributed by atoms with Crippen molar-refractivity contribution in [3.05, 3.63) is 46.7 Å². The molecule has 0 bridgehead atoms. The Hall–Kier alpha value is -2.14. The van der Waals surface area contributed by atoms with Gasteiger partial charge in [0.1, 0.15) is 0 Å². The Kier molecular flexibility index (Phi) is 7.48. The molecule has 1 aromatic carbocycles. The van der Waals surface area contributed by atoms with E-state index in [9.17, 15) is 4.79 Å². The molecule has 0 unspecified atom stereocenters. The maximum Gasteiger partial charge on any atom is 0.261 e. The fourth-order valence-corrected chi connectivity index (χ4v) is 2.40. The lowest BCUT2D eigenvalue weighted by atomic mass is 10.1. The first-order valence-corrected chi connectivity index (χ1v) is 8.22. The third-order valence-electron chi connectivity index (χ3n) is 3.08. The van der Waals surface area contributed by atoms with Gasteiger partial charge in [0, 0.05) is 19.2 Å². The number of rotatable bonds is 1. The molecular formula is C17H23ClN4O. The quantitative estimate of drug-likeness (QED) is 0.856. The zero-order valence-corrected chi connectivity index (χ0v) is 14.8. The Bertz CT molecular complexity index is 661. The summed E-state index contributed by atoms with van der Waals surface area (Å²) in [7, 11) is 0. The van der Waals surface area contributed by atoms with Crippen molar-refractivity contribution in [2.45, 2.75) is 34.1 Å². The van der Waals surface area contributed by atoms with Crippen LogP contribution in [0.2, 0.25) is 5.02 Å². The van der Waals surface area contributed by atoms with Gasteiger partial charge in [0.05, 0.1) is 22.0 Å². The normalized spacial score (nSPS) is 12.4. The van der Waals surface area contributed by atoms with Gasteiger partial charge in [-0.3, -0.25) is 4.79 Å². The standard InChI is InChI=1S/C13H11ClN4O.2C2H6/c14-9-3-1-2-4-11(9)18-6-5-10-8(12(18)19)7-16-13(15)17-10;2*1-2/h1-4,7H,5-6H2,(H2,15,16,17);2*1-2H3. The van der Waals surface area contributed by atoms with Crippen LogP contribution < -0.4 is 10.6 Å². The van der Waals surface area contributed by atoms with Crippen LogP contribution in [0.15, 0.2) is 30.5 Å². The Morgan fingerprint density at radius 3 is 2.48 bits per heavy atom. The van der Waals surface area contributed by atoms with Gasteiger partial charge in [-0.05, 0) is 12.1 Å². The highest BCUT2D eigenvalue weighted by molar-refractivity contribution is 6.34. The first-order chi connectivity index (χ1) is 11.2. The van der Waals surface area contributed by atoms with Gasteiger partial charge in [-0.25, -0.2) is 9.97 Å². The summed E-state index contributed by atoms with van der Waals surface area (Å²) in [6, 6.07) is 7.27. The Morgan fingerprint density at radius 2 is 1.83 bits per heavy atom. The fourth-order valence-electron chi connectivity index (χ4n) is 2.17. The minimum Gasteiger partial charge on any atom is -0.368 e. The van der Waals surface area contributed by atoms with Gasteiger partial charge in [0.25, 0.3) is 5.91 Å². The van der Waals surface area contributed by atoms with Gasteiger partial charge in [0.15, 0.2) is 0 Å². The molecule has 0 radical (unpaired) electrons. The second-order valence-electron chi connectivity index (χ2n) is 4.25. The number of nitrogens with zero attached hydrogens (tertiary/aromatic N) is 3. The van der Waals surface area contributed by atoms with E-state index in [2.05, 4.69) is 9.97 Å². The predicted octanol–water partition coefficient (Wildman–Crippen LogP) is 3.97. The van der Waals surface area contributed by atoms with E-state index in [1.54, 1.807) is 11.0 Å².